The maximum absolute atomic E-state index is 13.1. The number of carbonyl (C=O) groups is 1. The first kappa shape index (κ1) is 15.9. The van der Waals surface area contributed by atoms with Crippen molar-refractivity contribution in [3.05, 3.63) is 59.7 Å². The summed E-state index contributed by atoms with van der Waals surface area (Å²) in [5, 5.41) is 0. The molecule has 2 aromatic rings. The number of halogens is 2. The maximum Gasteiger partial charge on any atom is 0.337 e. The van der Waals surface area contributed by atoms with Crippen molar-refractivity contribution in [2.45, 2.75) is 4.90 Å². The second kappa shape index (κ2) is 6.10. The number of esters is 1. The Bertz CT molecular complexity index is 801. The van der Waals surface area contributed by atoms with Gasteiger partial charge in [-0.3, -0.25) is 4.72 Å². The molecule has 0 heterocycles. The van der Waals surface area contributed by atoms with Gasteiger partial charge in [-0.15, -0.1) is 0 Å². The lowest BCUT2D eigenvalue weighted by Gasteiger charge is -2.09. The lowest BCUT2D eigenvalue weighted by Crippen LogP contribution is -2.14. The number of hydrogen-bond acceptors (Lipinski definition) is 4. The number of nitrogens with one attached hydrogen (secondary N) is 1. The zero-order valence-corrected chi connectivity index (χ0v) is 12.2. The summed E-state index contributed by atoms with van der Waals surface area (Å²) in [5.74, 6) is -2.53. The molecule has 0 aliphatic rings. The fraction of sp³-hybridized carbons (Fsp3) is 0.0714. The van der Waals surface area contributed by atoms with Gasteiger partial charge in [0.25, 0.3) is 10.0 Å². The summed E-state index contributed by atoms with van der Waals surface area (Å²) in [7, 11) is -2.94. The van der Waals surface area contributed by atoms with Crippen LogP contribution in [0.5, 0.6) is 0 Å². The molecule has 5 nitrogen and oxygen atoms in total. The third-order valence-electron chi connectivity index (χ3n) is 2.68. The quantitative estimate of drug-likeness (QED) is 0.876. The van der Waals surface area contributed by atoms with Gasteiger partial charge in [-0.2, -0.15) is 0 Å². The summed E-state index contributed by atoms with van der Waals surface area (Å²) in [6.07, 6.45) is 0. The van der Waals surface area contributed by atoms with Crippen molar-refractivity contribution < 1.29 is 26.7 Å². The summed E-state index contributed by atoms with van der Waals surface area (Å²) in [5.41, 5.74) is -0.225. The molecule has 116 valence electrons. The van der Waals surface area contributed by atoms with E-state index in [1.807, 2.05) is 4.72 Å². The van der Waals surface area contributed by atoms with Gasteiger partial charge in [-0.25, -0.2) is 22.0 Å². The topological polar surface area (TPSA) is 72.5 Å². The van der Waals surface area contributed by atoms with Crippen LogP contribution >= 0.6 is 0 Å². The Kier molecular flexibility index (Phi) is 4.41. The predicted octanol–water partition coefficient (Wildman–Crippen LogP) is 2.55. The van der Waals surface area contributed by atoms with Gasteiger partial charge in [-0.1, -0.05) is 6.07 Å². The molecule has 0 fully saturated rings. The van der Waals surface area contributed by atoms with E-state index in [2.05, 4.69) is 4.74 Å². The van der Waals surface area contributed by atoms with Crippen molar-refractivity contribution >= 4 is 21.7 Å². The SMILES string of the molecule is COC(=O)c1cccc(S(=O)(=O)Nc2cc(F)cc(F)c2)c1. The molecule has 0 saturated heterocycles. The van der Waals surface area contributed by atoms with Crippen LogP contribution in [-0.4, -0.2) is 21.5 Å². The average molecular weight is 327 g/mol. The minimum atomic E-state index is -4.10. The van der Waals surface area contributed by atoms with E-state index in [4.69, 9.17) is 0 Å². The Morgan fingerprint density at radius 1 is 1.09 bits per heavy atom. The van der Waals surface area contributed by atoms with Crippen molar-refractivity contribution in [2.24, 2.45) is 0 Å². The number of carbonyl (C=O) groups excluding carboxylic acids is 1. The van der Waals surface area contributed by atoms with E-state index in [1.54, 1.807) is 0 Å². The van der Waals surface area contributed by atoms with Gasteiger partial charge in [0.1, 0.15) is 11.6 Å². The first-order chi connectivity index (χ1) is 10.3. The van der Waals surface area contributed by atoms with Crippen LogP contribution in [0, 0.1) is 11.6 Å². The number of ether oxygens (including phenoxy) is 1. The molecule has 0 radical (unpaired) electrons. The number of hydrogen-bond donors (Lipinski definition) is 1. The first-order valence-corrected chi connectivity index (χ1v) is 7.47. The molecule has 2 rings (SSSR count). The van der Waals surface area contributed by atoms with Gasteiger partial charge in [0.05, 0.1) is 23.3 Å². The molecule has 8 heteroatoms. The highest BCUT2D eigenvalue weighted by Gasteiger charge is 2.17. The van der Waals surface area contributed by atoms with Crippen LogP contribution in [0.25, 0.3) is 0 Å². The summed E-state index contributed by atoms with van der Waals surface area (Å²) in [4.78, 5) is 11.2. The molecule has 0 saturated carbocycles. The molecule has 0 unspecified atom stereocenters. The summed E-state index contributed by atoms with van der Waals surface area (Å²) in [6.45, 7) is 0. The van der Waals surface area contributed by atoms with Crippen molar-refractivity contribution in [2.75, 3.05) is 11.8 Å². The third kappa shape index (κ3) is 3.59. The van der Waals surface area contributed by atoms with Crippen molar-refractivity contribution in [3.8, 4) is 0 Å². The van der Waals surface area contributed by atoms with E-state index >= 15 is 0 Å². The van der Waals surface area contributed by atoms with Crippen LogP contribution in [-0.2, 0) is 14.8 Å². The fourth-order valence-electron chi connectivity index (χ4n) is 1.73. The minimum absolute atomic E-state index is 0.0378. The molecule has 0 aromatic heterocycles. The van der Waals surface area contributed by atoms with Crippen molar-refractivity contribution in [1.82, 2.24) is 0 Å². The summed E-state index contributed by atoms with van der Waals surface area (Å²) >= 11 is 0. The number of anilines is 1. The highest BCUT2D eigenvalue weighted by atomic mass is 32.2. The van der Waals surface area contributed by atoms with E-state index in [9.17, 15) is 22.0 Å². The lowest BCUT2D eigenvalue weighted by molar-refractivity contribution is 0.0600. The Morgan fingerprint density at radius 3 is 2.32 bits per heavy atom. The highest BCUT2D eigenvalue weighted by molar-refractivity contribution is 7.92. The molecule has 2 aromatic carbocycles. The Balaban J connectivity index is 2.36. The van der Waals surface area contributed by atoms with Gasteiger partial charge in [0.15, 0.2) is 0 Å². The maximum atomic E-state index is 13.1. The highest BCUT2D eigenvalue weighted by Crippen LogP contribution is 2.19. The predicted molar refractivity (Wildman–Crippen MR) is 74.9 cm³/mol. The monoisotopic (exact) mass is 327 g/mol. The van der Waals surface area contributed by atoms with Crippen LogP contribution in [0.1, 0.15) is 10.4 Å². The Hall–Kier alpha value is -2.48. The van der Waals surface area contributed by atoms with Crippen LogP contribution < -0.4 is 4.72 Å². The van der Waals surface area contributed by atoms with E-state index < -0.39 is 27.6 Å². The molecule has 0 amide bonds. The molecule has 1 N–H and O–H groups in total. The van der Waals surface area contributed by atoms with Crippen LogP contribution in [0.4, 0.5) is 14.5 Å². The van der Waals surface area contributed by atoms with E-state index in [-0.39, 0.29) is 16.1 Å². The molecule has 0 bridgehead atoms. The van der Waals surface area contributed by atoms with Crippen molar-refractivity contribution in [3.63, 3.8) is 0 Å². The molecule has 0 aliphatic carbocycles. The van der Waals surface area contributed by atoms with Crippen molar-refractivity contribution in [1.29, 1.82) is 0 Å². The van der Waals surface area contributed by atoms with Crippen LogP contribution in [0.2, 0.25) is 0 Å². The molecule has 0 atom stereocenters. The number of sulfonamides is 1. The zero-order chi connectivity index (χ0) is 16.3. The van der Waals surface area contributed by atoms with Gasteiger partial charge in [0, 0.05) is 6.07 Å². The van der Waals surface area contributed by atoms with E-state index in [0.717, 1.165) is 25.3 Å². The smallest absolute Gasteiger partial charge is 0.337 e. The summed E-state index contributed by atoms with van der Waals surface area (Å²) < 4.78 is 57.1. The van der Waals surface area contributed by atoms with Gasteiger partial charge >= 0.3 is 5.97 Å². The second-order valence-electron chi connectivity index (χ2n) is 4.28. The normalized spacial score (nSPS) is 11.0. The van der Waals surface area contributed by atoms with Gasteiger partial charge in [0.2, 0.25) is 0 Å². The van der Waals surface area contributed by atoms with Crippen LogP contribution in [0.3, 0.4) is 0 Å². The Morgan fingerprint density at radius 2 is 1.73 bits per heavy atom. The van der Waals surface area contributed by atoms with Gasteiger partial charge in [-0.05, 0) is 30.3 Å². The molecular weight excluding hydrogens is 316 g/mol. The average Bonchev–Trinajstić information content (AvgIpc) is 2.45. The number of benzene rings is 2. The Labute approximate surface area is 125 Å². The molecule has 22 heavy (non-hydrogen) atoms. The third-order valence-corrected chi connectivity index (χ3v) is 4.06. The molecule has 0 spiro atoms. The minimum Gasteiger partial charge on any atom is -0.465 e. The lowest BCUT2D eigenvalue weighted by atomic mass is 10.2. The first-order valence-electron chi connectivity index (χ1n) is 5.99. The zero-order valence-electron chi connectivity index (χ0n) is 11.3. The largest absolute Gasteiger partial charge is 0.465 e. The number of rotatable bonds is 4. The molecular formula is C14H11F2NO4S. The van der Waals surface area contributed by atoms with E-state index in [0.29, 0.717) is 6.07 Å². The second-order valence-corrected chi connectivity index (χ2v) is 5.97. The molecule has 0 aliphatic heterocycles. The summed E-state index contributed by atoms with van der Waals surface area (Å²) in [6, 6.07) is 7.37. The van der Waals surface area contributed by atoms with E-state index in [1.165, 1.54) is 18.2 Å². The van der Waals surface area contributed by atoms with Gasteiger partial charge < -0.3 is 4.74 Å². The standard InChI is InChI=1S/C14H11F2NO4S/c1-21-14(18)9-3-2-4-13(5-9)22(19,20)17-12-7-10(15)6-11(16)8-12/h2-8,17H,1H3. The number of methoxy groups -OCH3 is 1. The van der Waals surface area contributed by atoms with Crippen LogP contribution in [0.15, 0.2) is 47.4 Å². The fourth-order valence-corrected chi connectivity index (χ4v) is 2.82.